The fourth-order valence-electron chi connectivity index (χ4n) is 4.00. The molecule has 3 aromatic carbocycles. The van der Waals surface area contributed by atoms with Crippen molar-refractivity contribution in [2.75, 3.05) is 4.90 Å². The highest BCUT2D eigenvalue weighted by atomic mass is 16.4. The van der Waals surface area contributed by atoms with Crippen molar-refractivity contribution in [3.05, 3.63) is 131 Å². The summed E-state index contributed by atoms with van der Waals surface area (Å²) in [4.78, 5) is 25.7. The maximum absolute atomic E-state index is 12.8. The molecule has 0 amide bonds. The Morgan fingerprint density at radius 2 is 1.44 bits per heavy atom. The number of aromatic nitrogens is 1. The zero-order chi connectivity index (χ0) is 24.9. The van der Waals surface area contributed by atoms with Gasteiger partial charge in [0.15, 0.2) is 12.4 Å². The Labute approximate surface area is 207 Å². The Kier molecular flexibility index (Phi) is 6.40. The molecule has 176 valence electrons. The predicted octanol–water partition coefficient (Wildman–Crippen LogP) is 5.81. The standard InChI is InChI=1S/C30H22N2O4/c33-29(34)21-31-17-15-22(16-18-31)11-12-24-19-23-13-14-27(20-28(23)36-30(24)35)32(25-7-3-1-4-8-25)26-9-5-2-6-10-26/h1-20H,21H2/p+1. The molecule has 5 rings (SSSR count). The SMILES string of the molecule is O=C(O)C[n+]1ccc(/C=C/c2cc3ccc(N(c4ccccc4)c4ccccc4)cc3oc2=O)cc1. The number of para-hydroxylation sites is 2. The number of carboxylic acid groups (broad SMARTS) is 1. The summed E-state index contributed by atoms with van der Waals surface area (Å²) in [5.74, 6) is -0.907. The molecule has 1 N–H and O–H groups in total. The summed E-state index contributed by atoms with van der Waals surface area (Å²) in [6.07, 6.45) is 6.87. The predicted molar refractivity (Wildman–Crippen MR) is 140 cm³/mol. The summed E-state index contributed by atoms with van der Waals surface area (Å²) in [6, 6.07) is 31.3. The summed E-state index contributed by atoms with van der Waals surface area (Å²) < 4.78 is 7.27. The highest BCUT2D eigenvalue weighted by molar-refractivity contribution is 5.87. The third-order valence-electron chi connectivity index (χ3n) is 5.72. The Morgan fingerprint density at radius 3 is 2.06 bits per heavy atom. The second-order valence-corrected chi connectivity index (χ2v) is 8.25. The first-order valence-corrected chi connectivity index (χ1v) is 11.4. The summed E-state index contributed by atoms with van der Waals surface area (Å²) in [6.45, 7) is -0.105. The van der Waals surface area contributed by atoms with Crippen molar-refractivity contribution in [2.24, 2.45) is 0 Å². The molecular weight excluding hydrogens is 452 g/mol. The van der Waals surface area contributed by atoms with E-state index in [1.807, 2.05) is 84.9 Å². The minimum atomic E-state index is -0.907. The molecule has 0 unspecified atom stereocenters. The molecular formula is C30H23N2O4+. The lowest BCUT2D eigenvalue weighted by Gasteiger charge is -2.25. The average Bonchev–Trinajstić information content (AvgIpc) is 2.89. The molecule has 2 heterocycles. The van der Waals surface area contributed by atoms with Gasteiger partial charge in [0.1, 0.15) is 5.58 Å². The van der Waals surface area contributed by atoms with Crippen LogP contribution in [0.2, 0.25) is 0 Å². The van der Waals surface area contributed by atoms with Gasteiger partial charge in [-0.2, -0.15) is 4.57 Å². The molecule has 0 saturated carbocycles. The lowest BCUT2D eigenvalue weighted by molar-refractivity contribution is -0.685. The monoisotopic (exact) mass is 475 g/mol. The van der Waals surface area contributed by atoms with Gasteiger partial charge in [0.05, 0.1) is 5.56 Å². The van der Waals surface area contributed by atoms with Crippen LogP contribution in [0.15, 0.2) is 119 Å². The molecule has 36 heavy (non-hydrogen) atoms. The van der Waals surface area contributed by atoms with Crippen LogP contribution in [-0.2, 0) is 11.3 Å². The third kappa shape index (κ3) is 5.08. The van der Waals surface area contributed by atoms with Crippen molar-refractivity contribution in [2.45, 2.75) is 6.54 Å². The highest BCUT2D eigenvalue weighted by Crippen LogP contribution is 2.35. The minimum Gasteiger partial charge on any atom is -0.477 e. The number of fused-ring (bicyclic) bond motifs is 1. The molecule has 0 saturated heterocycles. The van der Waals surface area contributed by atoms with Crippen LogP contribution < -0.4 is 15.1 Å². The molecule has 0 spiro atoms. The fourth-order valence-corrected chi connectivity index (χ4v) is 4.00. The van der Waals surface area contributed by atoms with Gasteiger partial charge in [0.2, 0.25) is 6.54 Å². The number of nitrogens with zero attached hydrogens (tertiary/aromatic N) is 2. The topological polar surface area (TPSA) is 74.6 Å². The molecule has 0 radical (unpaired) electrons. The Morgan fingerprint density at radius 1 is 0.806 bits per heavy atom. The number of anilines is 3. The van der Waals surface area contributed by atoms with Gasteiger partial charge >= 0.3 is 11.6 Å². The van der Waals surface area contributed by atoms with E-state index in [0.717, 1.165) is 28.0 Å². The maximum Gasteiger partial charge on any atom is 0.370 e. The number of carbonyl (C=O) groups is 1. The number of hydrogen-bond acceptors (Lipinski definition) is 4. The third-order valence-corrected chi connectivity index (χ3v) is 5.72. The van der Waals surface area contributed by atoms with Crippen LogP contribution in [0.3, 0.4) is 0 Å². The molecule has 6 heteroatoms. The van der Waals surface area contributed by atoms with Crippen molar-refractivity contribution in [3.63, 3.8) is 0 Å². The average molecular weight is 476 g/mol. The van der Waals surface area contributed by atoms with Gasteiger partial charge in [0.25, 0.3) is 0 Å². The normalized spacial score (nSPS) is 11.1. The largest absolute Gasteiger partial charge is 0.477 e. The lowest BCUT2D eigenvalue weighted by atomic mass is 10.1. The summed E-state index contributed by atoms with van der Waals surface area (Å²) >= 11 is 0. The molecule has 0 fully saturated rings. The zero-order valence-electron chi connectivity index (χ0n) is 19.3. The first-order valence-electron chi connectivity index (χ1n) is 11.4. The fraction of sp³-hybridized carbons (Fsp3) is 0.0333. The minimum absolute atomic E-state index is 0.105. The number of pyridine rings is 1. The number of benzene rings is 3. The van der Waals surface area contributed by atoms with Gasteiger partial charge in [-0.3, -0.25) is 0 Å². The van der Waals surface area contributed by atoms with Gasteiger partial charge in [-0.15, -0.1) is 0 Å². The van der Waals surface area contributed by atoms with Gasteiger partial charge < -0.3 is 14.4 Å². The van der Waals surface area contributed by atoms with Crippen molar-refractivity contribution in [1.29, 1.82) is 0 Å². The van der Waals surface area contributed by atoms with E-state index in [1.165, 1.54) is 0 Å². The Balaban J connectivity index is 1.47. The molecule has 6 nitrogen and oxygen atoms in total. The van der Waals surface area contributed by atoms with Crippen LogP contribution in [0, 0.1) is 0 Å². The van der Waals surface area contributed by atoms with E-state index >= 15 is 0 Å². The van der Waals surface area contributed by atoms with E-state index in [-0.39, 0.29) is 6.54 Å². The Bertz CT molecular complexity index is 1550. The van der Waals surface area contributed by atoms with E-state index in [0.29, 0.717) is 11.1 Å². The lowest BCUT2D eigenvalue weighted by Crippen LogP contribution is -2.36. The smallest absolute Gasteiger partial charge is 0.370 e. The Hall–Kier alpha value is -4.97. The van der Waals surface area contributed by atoms with Crippen LogP contribution >= 0.6 is 0 Å². The number of aliphatic carboxylic acids is 1. The van der Waals surface area contributed by atoms with E-state index in [9.17, 15) is 9.59 Å². The molecule has 0 aliphatic rings. The summed E-state index contributed by atoms with van der Waals surface area (Å²) in [5, 5.41) is 9.70. The quantitative estimate of drug-likeness (QED) is 0.238. The van der Waals surface area contributed by atoms with Crippen LogP contribution in [0.4, 0.5) is 17.1 Å². The second-order valence-electron chi connectivity index (χ2n) is 8.25. The van der Waals surface area contributed by atoms with Crippen molar-refractivity contribution < 1.29 is 18.9 Å². The van der Waals surface area contributed by atoms with E-state index in [1.54, 1.807) is 41.2 Å². The number of hydrogen-bond donors (Lipinski definition) is 1. The van der Waals surface area contributed by atoms with E-state index in [2.05, 4.69) is 4.90 Å². The first kappa shape index (κ1) is 22.8. The number of rotatable bonds is 7. The zero-order valence-corrected chi connectivity index (χ0v) is 19.3. The van der Waals surface area contributed by atoms with Crippen LogP contribution in [0.1, 0.15) is 11.1 Å². The second kappa shape index (κ2) is 10.1. The van der Waals surface area contributed by atoms with Gasteiger partial charge in [-0.25, -0.2) is 9.59 Å². The van der Waals surface area contributed by atoms with Gasteiger partial charge in [0, 0.05) is 40.6 Å². The van der Waals surface area contributed by atoms with E-state index in [4.69, 9.17) is 9.52 Å². The van der Waals surface area contributed by atoms with Crippen molar-refractivity contribution in [1.82, 2.24) is 0 Å². The van der Waals surface area contributed by atoms with Gasteiger partial charge in [-0.1, -0.05) is 42.5 Å². The van der Waals surface area contributed by atoms with Crippen molar-refractivity contribution >= 4 is 46.2 Å². The van der Waals surface area contributed by atoms with Gasteiger partial charge in [-0.05, 0) is 54.1 Å². The molecule has 0 atom stereocenters. The summed E-state index contributed by atoms with van der Waals surface area (Å²) in [7, 11) is 0. The van der Waals surface area contributed by atoms with Crippen LogP contribution in [-0.4, -0.2) is 11.1 Å². The number of carboxylic acids is 1. The van der Waals surface area contributed by atoms with Crippen LogP contribution in [0.25, 0.3) is 23.1 Å². The molecule has 0 aliphatic heterocycles. The highest BCUT2D eigenvalue weighted by Gasteiger charge is 2.14. The van der Waals surface area contributed by atoms with E-state index < -0.39 is 11.6 Å². The first-order chi connectivity index (χ1) is 17.6. The summed E-state index contributed by atoms with van der Waals surface area (Å²) in [5.41, 5.74) is 4.22. The maximum atomic E-state index is 12.8. The molecule has 2 aromatic heterocycles. The molecule has 0 aliphatic carbocycles. The molecule has 0 bridgehead atoms. The molecule has 5 aromatic rings. The van der Waals surface area contributed by atoms with Crippen molar-refractivity contribution in [3.8, 4) is 0 Å². The van der Waals surface area contributed by atoms with Crippen LogP contribution in [0.5, 0.6) is 0 Å².